The van der Waals surface area contributed by atoms with Crippen LogP contribution < -0.4 is 5.32 Å². The number of nitrogens with one attached hydrogen (secondary N) is 1. The van der Waals surface area contributed by atoms with Crippen molar-refractivity contribution in [3.63, 3.8) is 0 Å². The molecule has 7 heteroatoms. The van der Waals surface area contributed by atoms with Gasteiger partial charge >= 0.3 is 0 Å². The zero-order valence-corrected chi connectivity index (χ0v) is 9.38. The predicted octanol–water partition coefficient (Wildman–Crippen LogP) is -0.0883. The Morgan fingerprint density at radius 3 is 2.62 bits per heavy atom. The number of hydrogen-bond acceptors (Lipinski definition) is 4. The number of hydrogen-bond donors (Lipinski definition) is 1. The lowest BCUT2D eigenvalue weighted by Crippen LogP contribution is -2.40. The van der Waals surface area contributed by atoms with E-state index in [1.165, 1.54) is 7.11 Å². The lowest BCUT2D eigenvalue weighted by molar-refractivity contribution is 0.385. The first-order chi connectivity index (χ1) is 5.94. The van der Waals surface area contributed by atoms with Crippen molar-refractivity contribution < 1.29 is 13.2 Å². The van der Waals surface area contributed by atoms with Gasteiger partial charge < -0.3 is 10.1 Å². The third kappa shape index (κ3) is 2.96. The molecule has 13 heavy (non-hydrogen) atoms. The maximum Gasteiger partial charge on any atom is 0.256 e. The van der Waals surface area contributed by atoms with Crippen molar-refractivity contribution in [1.82, 2.24) is 5.32 Å². The zero-order valence-electron chi connectivity index (χ0n) is 6.99. The molecule has 0 aliphatic carbocycles. The van der Waals surface area contributed by atoms with Crippen LogP contribution >= 0.6 is 23.8 Å². The fourth-order valence-electron chi connectivity index (χ4n) is 1.15. The third-order valence-electron chi connectivity index (χ3n) is 1.77. The highest BCUT2D eigenvalue weighted by molar-refractivity contribution is 7.91. The van der Waals surface area contributed by atoms with E-state index < -0.39 is 15.2 Å². The molecule has 1 aliphatic heterocycles. The highest BCUT2D eigenvalue weighted by Gasteiger charge is 2.36. The average Bonchev–Trinajstić information content (AvgIpc) is 2.24. The summed E-state index contributed by atoms with van der Waals surface area (Å²) in [5, 5.41) is 2.47. The molecule has 0 radical (unpaired) electrons. The molecule has 1 heterocycles. The van der Waals surface area contributed by atoms with Gasteiger partial charge in [0.2, 0.25) is 0 Å². The Labute approximate surface area is 87.5 Å². The first-order valence-electron chi connectivity index (χ1n) is 3.63. The van der Waals surface area contributed by atoms with E-state index >= 15 is 0 Å². The highest BCUT2D eigenvalue weighted by Crippen LogP contribution is 2.17. The van der Waals surface area contributed by atoms with Gasteiger partial charge in [0.25, 0.3) is 5.17 Å². The molecule has 1 rings (SSSR count). The number of halogens is 1. The Bertz CT molecular complexity index is 303. The molecule has 0 spiro atoms. The van der Waals surface area contributed by atoms with Crippen LogP contribution in [0, 0.1) is 0 Å². The fraction of sp³-hybridized carbons (Fsp3) is 0.833. The van der Waals surface area contributed by atoms with E-state index in [4.69, 9.17) is 28.6 Å². The van der Waals surface area contributed by atoms with Crippen molar-refractivity contribution >= 4 is 38.8 Å². The van der Waals surface area contributed by atoms with Crippen LogP contribution in [0.2, 0.25) is 0 Å². The Kier molecular flexibility index (Phi) is 3.37. The smallest absolute Gasteiger partial charge is 0.256 e. The van der Waals surface area contributed by atoms with Crippen LogP contribution in [0.15, 0.2) is 0 Å². The van der Waals surface area contributed by atoms with E-state index in [-0.39, 0.29) is 22.7 Å². The summed E-state index contributed by atoms with van der Waals surface area (Å²) >= 11 is 10.5. The lowest BCUT2D eigenvalue weighted by atomic mass is 10.3. The van der Waals surface area contributed by atoms with Crippen molar-refractivity contribution in [3.05, 3.63) is 0 Å². The van der Waals surface area contributed by atoms with Crippen LogP contribution in [0.3, 0.4) is 0 Å². The molecule has 1 aliphatic rings. The maximum absolute atomic E-state index is 11.1. The number of alkyl halides is 1. The van der Waals surface area contributed by atoms with Gasteiger partial charge in [-0.2, -0.15) is 0 Å². The molecule has 0 unspecified atom stereocenters. The van der Waals surface area contributed by atoms with Gasteiger partial charge in [0.15, 0.2) is 9.84 Å². The highest BCUT2D eigenvalue weighted by atomic mass is 35.5. The zero-order chi connectivity index (χ0) is 10.1. The monoisotopic (exact) mass is 243 g/mol. The molecule has 1 N–H and O–H groups in total. The number of methoxy groups -OCH3 is 1. The molecule has 0 saturated carbocycles. The Morgan fingerprint density at radius 2 is 2.23 bits per heavy atom. The molecule has 0 aromatic heterocycles. The van der Waals surface area contributed by atoms with Crippen molar-refractivity contribution in [2.45, 2.75) is 11.4 Å². The van der Waals surface area contributed by atoms with Gasteiger partial charge in [-0.1, -0.05) is 0 Å². The molecule has 76 valence electrons. The van der Waals surface area contributed by atoms with Gasteiger partial charge in [-0.3, -0.25) is 0 Å². The molecule has 1 fully saturated rings. The van der Waals surface area contributed by atoms with Crippen molar-refractivity contribution in [1.29, 1.82) is 0 Å². The molecule has 0 aromatic rings. The first-order valence-corrected chi connectivity index (χ1v) is 6.30. The second-order valence-electron chi connectivity index (χ2n) is 2.84. The van der Waals surface area contributed by atoms with Crippen molar-refractivity contribution in [2.24, 2.45) is 0 Å². The van der Waals surface area contributed by atoms with Crippen LogP contribution in [-0.2, 0) is 14.6 Å². The van der Waals surface area contributed by atoms with Gasteiger partial charge in [0.1, 0.15) is 0 Å². The van der Waals surface area contributed by atoms with Crippen LogP contribution in [0.1, 0.15) is 0 Å². The van der Waals surface area contributed by atoms with E-state index in [1.54, 1.807) is 0 Å². The summed E-state index contributed by atoms with van der Waals surface area (Å²) in [7, 11) is -1.59. The van der Waals surface area contributed by atoms with E-state index in [9.17, 15) is 8.42 Å². The molecular weight excluding hydrogens is 234 g/mol. The second kappa shape index (κ2) is 3.98. The number of thiocarbonyl (C=S) groups is 1. The molecule has 0 bridgehead atoms. The largest absolute Gasteiger partial charge is 0.474 e. The first kappa shape index (κ1) is 11.0. The van der Waals surface area contributed by atoms with E-state index in [0.717, 1.165) is 0 Å². The molecule has 0 aromatic carbocycles. The molecule has 0 amide bonds. The summed E-state index contributed by atoms with van der Waals surface area (Å²) in [6.07, 6.45) is 0. The lowest BCUT2D eigenvalue weighted by Gasteiger charge is -2.14. The van der Waals surface area contributed by atoms with Crippen LogP contribution in [0.4, 0.5) is 0 Å². The van der Waals surface area contributed by atoms with Crippen molar-refractivity contribution in [2.75, 3.05) is 18.6 Å². The van der Waals surface area contributed by atoms with Gasteiger partial charge in [0, 0.05) is 0 Å². The molecule has 4 nitrogen and oxygen atoms in total. The van der Waals surface area contributed by atoms with Crippen LogP contribution in [-0.4, -0.2) is 43.6 Å². The number of sulfone groups is 1. The van der Waals surface area contributed by atoms with E-state index in [0.29, 0.717) is 0 Å². The van der Waals surface area contributed by atoms with E-state index in [2.05, 4.69) is 5.32 Å². The summed E-state index contributed by atoms with van der Waals surface area (Å²) in [5.41, 5.74) is 0. The second-order valence-corrected chi connectivity index (χ2v) is 5.92. The molecular formula is C6H10ClNO3S2. The number of ether oxygens (including phenoxy) is 1. The Hall–Kier alpha value is -0.0700. The Morgan fingerprint density at radius 1 is 1.62 bits per heavy atom. The van der Waals surface area contributed by atoms with Gasteiger partial charge in [-0.15, -0.1) is 11.6 Å². The minimum atomic E-state index is -3.01. The third-order valence-corrected chi connectivity index (χ3v) is 4.43. The fourth-order valence-corrected chi connectivity index (χ4v) is 3.85. The van der Waals surface area contributed by atoms with Crippen LogP contribution in [0.5, 0.6) is 0 Å². The maximum atomic E-state index is 11.1. The summed E-state index contributed by atoms with van der Waals surface area (Å²) in [5.74, 6) is 0.0171. The average molecular weight is 244 g/mol. The van der Waals surface area contributed by atoms with Gasteiger partial charge in [0.05, 0.1) is 30.0 Å². The summed E-state index contributed by atoms with van der Waals surface area (Å²) in [6.45, 7) is 0. The van der Waals surface area contributed by atoms with Crippen molar-refractivity contribution in [3.8, 4) is 0 Å². The van der Waals surface area contributed by atoms with Crippen LogP contribution in [0.25, 0.3) is 0 Å². The minimum Gasteiger partial charge on any atom is -0.474 e. The number of rotatable bonds is 1. The topological polar surface area (TPSA) is 55.4 Å². The Balaban J connectivity index is 2.59. The quantitative estimate of drug-likeness (QED) is 0.516. The molecule has 2 atom stereocenters. The van der Waals surface area contributed by atoms with Gasteiger partial charge in [-0.25, -0.2) is 8.42 Å². The molecule has 1 saturated heterocycles. The predicted molar refractivity (Wildman–Crippen MR) is 54.8 cm³/mol. The summed E-state index contributed by atoms with van der Waals surface area (Å²) in [6, 6.07) is -0.334. The normalized spacial score (nSPS) is 31.2. The van der Waals surface area contributed by atoms with E-state index in [1.807, 2.05) is 0 Å². The minimum absolute atomic E-state index is 0.00144. The standard InChI is InChI=1S/C6H10ClNO3S2/c1-11-6(12)8-5-3-13(9,10)2-4(5)7/h4-5H,2-3H2,1H3,(H,8,12)/t4-,5-/m0/s1. The van der Waals surface area contributed by atoms with Gasteiger partial charge in [-0.05, 0) is 12.2 Å². The summed E-state index contributed by atoms with van der Waals surface area (Å²) < 4.78 is 26.9. The SMILES string of the molecule is COC(=S)N[C@H]1CS(=O)(=O)C[C@@H]1Cl. The summed E-state index contributed by atoms with van der Waals surface area (Å²) in [4.78, 5) is 0.